The van der Waals surface area contributed by atoms with E-state index in [4.69, 9.17) is 9.47 Å². The first-order valence-corrected chi connectivity index (χ1v) is 10.1. The first-order chi connectivity index (χ1) is 12.7. The maximum absolute atomic E-state index is 12.8. The minimum atomic E-state index is -3.68. The molecule has 0 unspecified atom stereocenters. The van der Waals surface area contributed by atoms with Gasteiger partial charge in [-0.05, 0) is 43.7 Å². The van der Waals surface area contributed by atoms with E-state index in [1.165, 1.54) is 21.1 Å². The summed E-state index contributed by atoms with van der Waals surface area (Å²) in [4.78, 5) is 12.8. The van der Waals surface area contributed by atoms with Crippen molar-refractivity contribution in [2.24, 2.45) is 0 Å². The van der Waals surface area contributed by atoms with Gasteiger partial charge in [-0.25, -0.2) is 8.42 Å². The number of anilines is 2. The number of nitrogens with one attached hydrogen (secondary N) is 1. The largest absolute Gasteiger partial charge is 0.497 e. The van der Waals surface area contributed by atoms with Gasteiger partial charge in [0, 0.05) is 6.07 Å². The lowest BCUT2D eigenvalue weighted by Gasteiger charge is -2.28. The first-order valence-electron chi connectivity index (χ1n) is 8.26. The molecule has 1 atom stereocenters. The second kappa shape index (κ2) is 8.30. The maximum Gasteiger partial charge on any atom is 0.248 e. The fraction of sp³-hybridized carbons (Fsp3) is 0.316. The van der Waals surface area contributed by atoms with Gasteiger partial charge in [0.15, 0.2) is 0 Å². The van der Waals surface area contributed by atoms with Crippen LogP contribution in [0, 0.1) is 6.92 Å². The number of carbonyl (C=O) groups excluding carboxylic acids is 1. The van der Waals surface area contributed by atoms with Crippen LogP contribution in [0.25, 0.3) is 0 Å². The lowest BCUT2D eigenvalue weighted by atomic mass is 10.2. The average Bonchev–Trinajstić information content (AvgIpc) is 2.60. The zero-order valence-electron chi connectivity index (χ0n) is 16.0. The summed E-state index contributed by atoms with van der Waals surface area (Å²) in [5.74, 6) is 0.511. The molecule has 0 aliphatic carbocycles. The Morgan fingerprint density at radius 1 is 1.11 bits per heavy atom. The van der Waals surface area contributed by atoms with E-state index in [1.54, 1.807) is 36.4 Å². The number of hydrogen-bond donors (Lipinski definition) is 1. The van der Waals surface area contributed by atoms with Crippen LogP contribution in [0.1, 0.15) is 12.5 Å². The lowest BCUT2D eigenvalue weighted by molar-refractivity contribution is -0.116. The highest BCUT2D eigenvalue weighted by Crippen LogP contribution is 2.30. The summed E-state index contributed by atoms with van der Waals surface area (Å²) in [6.45, 7) is 3.39. The highest BCUT2D eigenvalue weighted by Gasteiger charge is 2.29. The van der Waals surface area contributed by atoms with Crippen LogP contribution in [0.5, 0.6) is 11.5 Å². The number of nitrogens with zero attached hydrogens (tertiary/aromatic N) is 1. The van der Waals surface area contributed by atoms with Gasteiger partial charge in [0.2, 0.25) is 15.9 Å². The van der Waals surface area contributed by atoms with E-state index >= 15 is 0 Å². The molecule has 7 nitrogen and oxygen atoms in total. The number of aryl methyl sites for hydroxylation is 1. The summed E-state index contributed by atoms with van der Waals surface area (Å²) in [7, 11) is -0.672. The third-order valence-electron chi connectivity index (χ3n) is 4.01. The summed E-state index contributed by atoms with van der Waals surface area (Å²) in [5, 5.41) is 2.72. The summed E-state index contributed by atoms with van der Waals surface area (Å²) in [6.07, 6.45) is 1.08. The van der Waals surface area contributed by atoms with Crippen molar-refractivity contribution in [2.75, 3.05) is 30.1 Å². The molecule has 0 aliphatic rings. The smallest absolute Gasteiger partial charge is 0.248 e. The first kappa shape index (κ1) is 20.6. The number of hydrogen-bond acceptors (Lipinski definition) is 5. The Labute approximate surface area is 160 Å². The van der Waals surface area contributed by atoms with Crippen molar-refractivity contribution in [3.05, 3.63) is 48.0 Å². The number of carbonyl (C=O) groups is 1. The SMILES string of the molecule is COc1ccc(NC(=O)[C@@H](C)N(c2cccc(C)c2)S(C)(=O)=O)c(OC)c1. The quantitative estimate of drug-likeness (QED) is 0.783. The number of rotatable bonds is 7. The number of methoxy groups -OCH3 is 2. The minimum Gasteiger partial charge on any atom is -0.497 e. The van der Waals surface area contributed by atoms with Crippen LogP contribution in [0.4, 0.5) is 11.4 Å². The third-order valence-corrected chi connectivity index (χ3v) is 5.25. The van der Waals surface area contributed by atoms with E-state index in [1.807, 2.05) is 13.0 Å². The molecule has 0 spiro atoms. The highest BCUT2D eigenvalue weighted by atomic mass is 32.2. The third kappa shape index (κ3) is 4.91. The molecule has 0 aliphatic heterocycles. The molecule has 2 rings (SSSR count). The van der Waals surface area contributed by atoms with Crippen molar-refractivity contribution < 1.29 is 22.7 Å². The minimum absolute atomic E-state index is 0.413. The van der Waals surface area contributed by atoms with E-state index in [2.05, 4.69) is 5.32 Å². The Morgan fingerprint density at radius 3 is 2.37 bits per heavy atom. The van der Waals surface area contributed by atoms with Crippen molar-refractivity contribution in [1.82, 2.24) is 0 Å². The molecule has 146 valence electrons. The van der Waals surface area contributed by atoms with E-state index in [9.17, 15) is 13.2 Å². The Kier molecular flexibility index (Phi) is 6.32. The molecule has 0 saturated carbocycles. The summed E-state index contributed by atoms with van der Waals surface area (Å²) >= 11 is 0. The fourth-order valence-corrected chi connectivity index (χ4v) is 3.88. The summed E-state index contributed by atoms with van der Waals surface area (Å²) in [6, 6.07) is 11.0. The predicted molar refractivity (Wildman–Crippen MR) is 106 cm³/mol. The average molecular weight is 392 g/mol. The van der Waals surface area contributed by atoms with E-state index in [-0.39, 0.29) is 0 Å². The predicted octanol–water partition coefficient (Wildman–Crippen LogP) is 2.81. The number of ether oxygens (including phenoxy) is 2. The van der Waals surface area contributed by atoms with Crippen molar-refractivity contribution in [1.29, 1.82) is 0 Å². The molecule has 0 aromatic heterocycles. The molecule has 0 heterocycles. The van der Waals surface area contributed by atoms with Gasteiger partial charge in [-0.3, -0.25) is 9.10 Å². The molecule has 1 amide bonds. The molecule has 27 heavy (non-hydrogen) atoms. The van der Waals surface area contributed by atoms with Gasteiger partial charge in [-0.2, -0.15) is 0 Å². The van der Waals surface area contributed by atoms with Gasteiger partial charge in [-0.1, -0.05) is 12.1 Å². The van der Waals surface area contributed by atoms with Gasteiger partial charge in [0.05, 0.1) is 31.9 Å². The molecular weight excluding hydrogens is 368 g/mol. The van der Waals surface area contributed by atoms with Crippen LogP contribution in [0.3, 0.4) is 0 Å². The standard InChI is InChI=1S/C19H24N2O5S/c1-13-7-6-8-15(11-13)21(27(5,23)24)14(2)19(22)20-17-10-9-16(25-3)12-18(17)26-4/h6-12,14H,1-5H3,(H,20,22)/t14-/m1/s1. The Balaban J connectivity index is 2.33. The van der Waals surface area contributed by atoms with E-state index < -0.39 is 22.0 Å². The van der Waals surface area contributed by atoms with Crippen LogP contribution in [0.2, 0.25) is 0 Å². The number of sulfonamides is 1. The topological polar surface area (TPSA) is 84.9 Å². The van der Waals surface area contributed by atoms with E-state index in [0.29, 0.717) is 22.9 Å². The molecule has 1 N–H and O–H groups in total. The van der Waals surface area contributed by atoms with Gasteiger partial charge < -0.3 is 14.8 Å². The Bertz CT molecular complexity index is 927. The van der Waals surface area contributed by atoms with Crippen molar-refractivity contribution in [3.63, 3.8) is 0 Å². The molecule has 2 aromatic carbocycles. The van der Waals surface area contributed by atoms with Crippen molar-refractivity contribution in [2.45, 2.75) is 19.9 Å². The molecule has 0 saturated heterocycles. The monoisotopic (exact) mass is 392 g/mol. The molecule has 8 heteroatoms. The number of benzene rings is 2. The maximum atomic E-state index is 12.8. The van der Waals surface area contributed by atoms with Gasteiger partial charge >= 0.3 is 0 Å². The normalized spacial score (nSPS) is 12.2. The van der Waals surface area contributed by atoms with Gasteiger partial charge in [0.1, 0.15) is 17.5 Å². The Hall–Kier alpha value is -2.74. The van der Waals surface area contributed by atoms with Crippen molar-refractivity contribution >= 4 is 27.3 Å². The van der Waals surface area contributed by atoms with Crippen LogP contribution < -0.4 is 19.1 Å². The highest BCUT2D eigenvalue weighted by molar-refractivity contribution is 7.92. The molecule has 2 aromatic rings. The van der Waals surface area contributed by atoms with Crippen LogP contribution >= 0.6 is 0 Å². The fourth-order valence-electron chi connectivity index (χ4n) is 2.71. The van der Waals surface area contributed by atoms with Crippen molar-refractivity contribution in [3.8, 4) is 11.5 Å². The molecule has 0 bridgehead atoms. The molecule has 0 radical (unpaired) electrons. The Morgan fingerprint density at radius 2 is 1.81 bits per heavy atom. The summed E-state index contributed by atoms with van der Waals surface area (Å²) < 4.78 is 36.2. The number of amides is 1. The summed E-state index contributed by atoms with van der Waals surface area (Å²) in [5.41, 5.74) is 1.75. The van der Waals surface area contributed by atoms with Crippen LogP contribution in [-0.2, 0) is 14.8 Å². The zero-order chi connectivity index (χ0) is 20.2. The lowest BCUT2D eigenvalue weighted by Crippen LogP contribution is -2.45. The molecular formula is C19H24N2O5S. The second-order valence-electron chi connectivity index (χ2n) is 6.13. The zero-order valence-corrected chi connectivity index (χ0v) is 16.8. The van der Waals surface area contributed by atoms with E-state index in [0.717, 1.165) is 16.1 Å². The van der Waals surface area contributed by atoms with Crippen LogP contribution in [-0.4, -0.2) is 40.8 Å². The van der Waals surface area contributed by atoms with Gasteiger partial charge in [-0.15, -0.1) is 0 Å². The second-order valence-corrected chi connectivity index (χ2v) is 7.99. The van der Waals surface area contributed by atoms with Gasteiger partial charge in [0.25, 0.3) is 0 Å². The molecule has 0 fully saturated rings. The van der Waals surface area contributed by atoms with Crippen LogP contribution in [0.15, 0.2) is 42.5 Å².